The number of thioether (sulfide) groups is 1. The Morgan fingerprint density at radius 3 is 2.03 bits per heavy atom. The van der Waals surface area contributed by atoms with Gasteiger partial charge >= 0.3 is 0 Å². The summed E-state index contributed by atoms with van der Waals surface area (Å²) in [5.41, 5.74) is 2.59. The van der Waals surface area contributed by atoms with E-state index in [-0.39, 0.29) is 23.1 Å². The van der Waals surface area contributed by atoms with E-state index in [0.717, 1.165) is 16.2 Å². The molecule has 6 nitrogen and oxygen atoms in total. The maximum Gasteiger partial charge on any atom is 0.256 e. The van der Waals surface area contributed by atoms with Gasteiger partial charge in [-0.2, -0.15) is 0 Å². The van der Waals surface area contributed by atoms with Crippen LogP contribution in [0.1, 0.15) is 26.3 Å². The van der Waals surface area contributed by atoms with E-state index in [1.54, 1.807) is 54.2 Å². The quantitative estimate of drug-likeness (QED) is 0.218. The normalized spacial score (nSPS) is 11.1. The molecule has 1 amide bonds. The van der Waals surface area contributed by atoms with Gasteiger partial charge in [0.25, 0.3) is 5.91 Å². The van der Waals surface area contributed by atoms with Crippen LogP contribution in [0.5, 0.6) is 0 Å². The molecule has 0 aliphatic carbocycles. The highest BCUT2D eigenvalue weighted by Gasteiger charge is 2.17. The molecule has 0 saturated heterocycles. The van der Waals surface area contributed by atoms with Gasteiger partial charge in [0.2, 0.25) is 10.0 Å². The van der Waals surface area contributed by atoms with Crippen molar-refractivity contribution in [3.8, 4) is 0 Å². The van der Waals surface area contributed by atoms with Gasteiger partial charge in [-0.1, -0.05) is 72.8 Å². The van der Waals surface area contributed by atoms with Crippen LogP contribution in [-0.2, 0) is 15.8 Å². The third-order valence-corrected chi connectivity index (χ3v) is 7.87. The molecule has 0 atom stereocenters. The zero-order valence-corrected chi connectivity index (χ0v) is 20.9. The van der Waals surface area contributed by atoms with Crippen LogP contribution >= 0.6 is 11.8 Å². The Bertz CT molecular complexity index is 1440. The van der Waals surface area contributed by atoms with Crippen LogP contribution in [-0.4, -0.2) is 26.7 Å². The van der Waals surface area contributed by atoms with Crippen LogP contribution in [0.25, 0.3) is 0 Å². The van der Waals surface area contributed by atoms with E-state index < -0.39 is 10.0 Å². The minimum absolute atomic E-state index is 0.000164. The van der Waals surface area contributed by atoms with E-state index in [1.807, 2.05) is 42.5 Å². The first kappa shape index (κ1) is 25.4. The Balaban J connectivity index is 1.38. The number of Topliss-reactive ketones (excluding diaryl/α,β-unsaturated/α-hetero) is 1. The number of hydrogen-bond donors (Lipinski definition) is 2. The number of nitrogens with one attached hydrogen (secondary N) is 2. The molecular formula is C28H24N2O4S2. The van der Waals surface area contributed by atoms with Gasteiger partial charge in [-0.3, -0.25) is 9.59 Å². The van der Waals surface area contributed by atoms with Crippen molar-refractivity contribution in [2.75, 3.05) is 11.9 Å². The highest BCUT2D eigenvalue weighted by Crippen LogP contribution is 2.27. The van der Waals surface area contributed by atoms with Crippen molar-refractivity contribution in [2.24, 2.45) is 0 Å². The molecule has 0 saturated carbocycles. The summed E-state index contributed by atoms with van der Waals surface area (Å²) < 4.78 is 27.5. The first-order valence-electron chi connectivity index (χ1n) is 11.2. The van der Waals surface area contributed by atoms with E-state index in [1.165, 1.54) is 24.3 Å². The second kappa shape index (κ2) is 11.8. The van der Waals surface area contributed by atoms with Gasteiger partial charge in [-0.15, -0.1) is 11.8 Å². The number of sulfonamides is 1. The molecule has 36 heavy (non-hydrogen) atoms. The summed E-state index contributed by atoms with van der Waals surface area (Å²) in [6.07, 6.45) is 0. The Hall–Kier alpha value is -3.72. The Morgan fingerprint density at radius 2 is 1.33 bits per heavy atom. The fourth-order valence-corrected chi connectivity index (χ4v) is 5.39. The van der Waals surface area contributed by atoms with E-state index in [9.17, 15) is 18.0 Å². The van der Waals surface area contributed by atoms with Crippen LogP contribution in [0.2, 0.25) is 0 Å². The van der Waals surface area contributed by atoms with Gasteiger partial charge in [-0.25, -0.2) is 13.1 Å². The minimum Gasteiger partial charge on any atom is -0.322 e. The molecule has 0 spiro atoms. The molecule has 2 N–H and O–H groups in total. The van der Waals surface area contributed by atoms with Crippen LogP contribution in [0.3, 0.4) is 0 Å². The molecule has 4 rings (SSSR count). The van der Waals surface area contributed by atoms with Crippen molar-refractivity contribution in [1.82, 2.24) is 4.72 Å². The summed E-state index contributed by atoms with van der Waals surface area (Å²) in [6.45, 7) is -0.345. The third-order valence-electron chi connectivity index (χ3n) is 5.31. The summed E-state index contributed by atoms with van der Waals surface area (Å²) in [5.74, 6) is 0.123. The first-order valence-corrected chi connectivity index (χ1v) is 13.6. The molecule has 0 aromatic heterocycles. The maximum absolute atomic E-state index is 12.9. The summed E-state index contributed by atoms with van der Waals surface area (Å²) in [7, 11) is -3.89. The van der Waals surface area contributed by atoms with Crippen molar-refractivity contribution in [2.45, 2.75) is 15.5 Å². The lowest BCUT2D eigenvalue weighted by Crippen LogP contribution is -2.29. The zero-order chi connectivity index (χ0) is 25.4. The number of ketones is 1. The van der Waals surface area contributed by atoms with E-state index in [4.69, 9.17) is 0 Å². The zero-order valence-electron chi connectivity index (χ0n) is 19.3. The molecule has 0 unspecified atom stereocenters. The lowest BCUT2D eigenvalue weighted by molar-refractivity contribution is 0.0994. The number of carbonyl (C=O) groups excluding carboxylic acids is 2. The molecule has 0 heterocycles. The average molecular weight is 517 g/mol. The van der Waals surface area contributed by atoms with Crippen LogP contribution < -0.4 is 10.0 Å². The summed E-state index contributed by atoms with van der Waals surface area (Å²) in [4.78, 5) is 26.0. The molecular weight excluding hydrogens is 492 g/mol. The van der Waals surface area contributed by atoms with Crippen LogP contribution in [0.4, 0.5) is 5.69 Å². The van der Waals surface area contributed by atoms with Gasteiger partial charge in [0.05, 0.1) is 17.0 Å². The Morgan fingerprint density at radius 1 is 0.722 bits per heavy atom. The second-order valence-electron chi connectivity index (χ2n) is 7.86. The van der Waals surface area contributed by atoms with Gasteiger partial charge in [-0.05, 0) is 42.0 Å². The highest BCUT2D eigenvalue weighted by atomic mass is 32.2. The Labute approximate surface area is 214 Å². The molecule has 0 fully saturated rings. The van der Waals surface area contributed by atoms with Gasteiger partial charge in [0.15, 0.2) is 5.78 Å². The van der Waals surface area contributed by atoms with Crippen molar-refractivity contribution < 1.29 is 18.0 Å². The second-order valence-corrected chi connectivity index (χ2v) is 10.6. The van der Waals surface area contributed by atoms with E-state index in [2.05, 4.69) is 10.0 Å². The fraction of sp³-hybridized carbons (Fsp3) is 0.0714. The molecule has 0 aliphatic rings. The summed E-state index contributed by atoms with van der Waals surface area (Å²) in [5, 5.41) is 2.83. The molecule has 4 aromatic carbocycles. The van der Waals surface area contributed by atoms with E-state index >= 15 is 0 Å². The SMILES string of the molecule is O=C(CNS(=O)(=O)c1ccc(NC(=O)c2ccccc2SCc2ccccc2)cc1)c1ccccc1. The maximum atomic E-state index is 12.9. The van der Waals surface area contributed by atoms with Crippen LogP contribution in [0.15, 0.2) is 119 Å². The van der Waals surface area contributed by atoms with Crippen LogP contribution in [0, 0.1) is 0 Å². The standard InChI is InChI=1S/C28H24N2O4S2/c31-26(22-11-5-2-6-12-22)19-29-36(33,34)24-17-15-23(16-18-24)30-28(32)25-13-7-8-14-27(25)35-20-21-9-3-1-4-10-21/h1-18,29H,19-20H2,(H,30,32). The molecule has 0 aliphatic heterocycles. The number of amides is 1. The fourth-order valence-electron chi connectivity index (χ4n) is 3.40. The van der Waals surface area contributed by atoms with Gasteiger partial charge < -0.3 is 5.32 Å². The first-order chi connectivity index (χ1) is 17.4. The molecule has 4 aromatic rings. The van der Waals surface area contributed by atoms with Crippen molar-refractivity contribution in [1.29, 1.82) is 0 Å². The lowest BCUT2D eigenvalue weighted by Gasteiger charge is -2.11. The number of benzene rings is 4. The largest absolute Gasteiger partial charge is 0.322 e. The molecule has 0 radical (unpaired) electrons. The van der Waals surface area contributed by atoms with Gasteiger partial charge in [0, 0.05) is 21.9 Å². The highest BCUT2D eigenvalue weighted by molar-refractivity contribution is 7.98. The Kier molecular flexibility index (Phi) is 8.32. The summed E-state index contributed by atoms with van der Waals surface area (Å²) in [6, 6.07) is 31.7. The van der Waals surface area contributed by atoms with E-state index in [0.29, 0.717) is 16.8 Å². The average Bonchev–Trinajstić information content (AvgIpc) is 2.92. The molecule has 8 heteroatoms. The molecule has 182 valence electrons. The number of carbonyl (C=O) groups is 2. The smallest absolute Gasteiger partial charge is 0.256 e. The number of anilines is 1. The van der Waals surface area contributed by atoms with Crippen molar-refractivity contribution in [3.63, 3.8) is 0 Å². The number of rotatable bonds is 10. The topological polar surface area (TPSA) is 92.3 Å². The number of hydrogen-bond acceptors (Lipinski definition) is 5. The summed E-state index contributed by atoms with van der Waals surface area (Å²) >= 11 is 1.58. The third kappa shape index (κ3) is 6.69. The monoisotopic (exact) mass is 516 g/mol. The van der Waals surface area contributed by atoms with Crippen molar-refractivity contribution in [3.05, 3.63) is 126 Å². The minimum atomic E-state index is -3.89. The predicted molar refractivity (Wildman–Crippen MR) is 143 cm³/mol. The molecule has 0 bridgehead atoms. The van der Waals surface area contributed by atoms with Crippen molar-refractivity contribution >= 4 is 39.2 Å². The predicted octanol–water partition coefficient (Wildman–Crippen LogP) is 5.39. The lowest BCUT2D eigenvalue weighted by atomic mass is 10.1. The van der Waals surface area contributed by atoms with Gasteiger partial charge in [0.1, 0.15) is 0 Å².